The van der Waals surface area contributed by atoms with Crippen molar-refractivity contribution in [1.29, 1.82) is 0 Å². The van der Waals surface area contributed by atoms with Crippen molar-refractivity contribution >= 4 is 6.21 Å². The molecule has 0 radical (unpaired) electrons. The molecule has 2 nitrogen and oxygen atoms in total. The Bertz CT molecular complexity index is 136. The van der Waals surface area contributed by atoms with Crippen molar-refractivity contribution in [3.05, 3.63) is 11.8 Å². The SMILES string of the molecule is CCNC1=CC=NCC1. The highest BCUT2D eigenvalue weighted by molar-refractivity contribution is 5.72. The second-order valence-corrected chi connectivity index (χ2v) is 2.03. The predicted molar refractivity (Wildman–Crippen MR) is 39.7 cm³/mol. The summed E-state index contributed by atoms with van der Waals surface area (Å²) in [7, 11) is 0. The number of dihydropyridines is 1. The van der Waals surface area contributed by atoms with E-state index in [1.54, 1.807) is 0 Å². The van der Waals surface area contributed by atoms with Crippen LogP contribution in [0.2, 0.25) is 0 Å². The molecule has 0 bridgehead atoms. The van der Waals surface area contributed by atoms with E-state index in [9.17, 15) is 0 Å². The summed E-state index contributed by atoms with van der Waals surface area (Å²) in [6.45, 7) is 4.06. The summed E-state index contributed by atoms with van der Waals surface area (Å²) in [6, 6.07) is 0. The molecule has 9 heavy (non-hydrogen) atoms. The lowest BCUT2D eigenvalue weighted by Crippen LogP contribution is -2.14. The quantitative estimate of drug-likeness (QED) is 0.582. The Kier molecular flexibility index (Phi) is 2.31. The monoisotopic (exact) mass is 124 g/mol. The highest BCUT2D eigenvalue weighted by atomic mass is 14.9. The minimum absolute atomic E-state index is 0.943. The zero-order chi connectivity index (χ0) is 6.53. The molecule has 2 heteroatoms. The van der Waals surface area contributed by atoms with Crippen molar-refractivity contribution in [3.8, 4) is 0 Å². The molecule has 0 aliphatic carbocycles. The van der Waals surface area contributed by atoms with E-state index in [-0.39, 0.29) is 0 Å². The standard InChI is InChI=1S/C7H12N2/c1-2-9-7-3-5-8-6-4-7/h3,5,9H,2,4,6H2,1H3. The molecule has 0 aromatic heterocycles. The van der Waals surface area contributed by atoms with Crippen molar-refractivity contribution in [1.82, 2.24) is 5.32 Å². The van der Waals surface area contributed by atoms with E-state index in [2.05, 4.69) is 17.2 Å². The van der Waals surface area contributed by atoms with Crippen LogP contribution in [-0.4, -0.2) is 19.3 Å². The maximum atomic E-state index is 4.07. The Labute approximate surface area is 55.7 Å². The molecule has 50 valence electrons. The first-order valence-electron chi connectivity index (χ1n) is 3.36. The van der Waals surface area contributed by atoms with Crippen molar-refractivity contribution in [2.24, 2.45) is 4.99 Å². The number of hydrogen-bond acceptors (Lipinski definition) is 2. The van der Waals surface area contributed by atoms with Gasteiger partial charge >= 0.3 is 0 Å². The predicted octanol–water partition coefficient (Wildman–Crippen LogP) is 0.954. The third-order valence-electron chi connectivity index (χ3n) is 1.30. The number of aliphatic imine (C=N–C) groups is 1. The summed E-state index contributed by atoms with van der Waals surface area (Å²) in [5.41, 5.74) is 1.31. The van der Waals surface area contributed by atoms with Crippen molar-refractivity contribution in [2.45, 2.75) is 13.3 Å². The van der Waals surface area contributed by atoms with Gasteiger partial charge in [-0.1, -0.05) is 0 Å². The average molecular weight is 124 g/mol. The van der Waals surface area contributed by atoms with Gasteiger partial charge in [0.25, 0.3) is 0 Å². The molecule has 0 aromatic rings. The van der Waals surface area contributed by atoms with Crippen molar-refractivity contribution in [2.75, 3.05) is 13.1 Å². The van der Waals surface area contributed by atoms with Crippen LogP contribution in [0.4, 0.5) is 0 Å². The minimum atomic E-state index is 0.943. The van der Waals surface area contributed by atoms with Gasteiger partial charge in [0.1, 0.15) is 0 Å². The molecule has 0 spiro atoms. The fourth-order valence-electron chi connectivity index (χ4n) is 0.860. The summed E-state index contributed by atoms with van der Waals surface area (Å²) >= 11 is 0. The van der Waals surface area contributed by atoms with E-state index < -0.39 is 0 Å². The molecule has 0 aromatic carbocycles. The summed E-state index contributed by atoms with van der Waals surface area (Å²) in [5, 5.41) is 3.25. The van der Waals surface area contributed by atoms with Gasteiger partial charge in [0.2, 0.25) is 0 Å². The van der Waals surface area contributed by atoms with Gasteiger partial charge in [-0.3, -0.25) is 4.99 Å². The van der Waals surface area contributed by atoms with Crippen LogP contribution in [0, 0.1) is 0 Å². The van der Waals surface area contributed by atoms with Crippen LogP contribution >= 0.6 is 0 Å². The third kappa shape index (κ3) is 1.88. The molecule has 0 saturated carbocycles. The molecule has 0 fully saturated rings. The smallest absolute Gasteiger partial charge is 0.0443 e. The highest BCUT2D eigenvalue weighted by Crippen LogP contribution is 1.99. The van der Waals surface area contributed by atoms with Gasteiger partial charge < -0.3 is 5.32 Å². The van der Waals surface area contributed by atoms with E-state index in [0.717, 1.165) is 19.5 Å². The number of hydrogen-bond donors (Lipinski definition) is 1. The first-order valence-corrected chi connectivity index (χ1v) is 3.36. The van der Waals surface area contributed by atoms with Gasteiger partial charge in [0, 0.05) is 31.4 Å². The maximum absolute atomic E-state index is 4.07. The summed E-state index contributed by atoms with van der Waals surface area (Å²) in [6.07, 6.45) is 4.97. The molecule has 1 aliphatic heterocycles. The second-order valence-electron chi connectivity index (χ2n) is 2.03. The van der Waals surface area contributed by atoms with E-state index in [4.69, 9.17) is 0 Å². The van der Waals surface area contributed by atoms with Gasteiger partial charge in [-0.05, 0) is 13.0 Å². The lowest BCUT2D eigenvalue weighted by atomic mass is 10.2. The normalized spacial score (nSPS) is 17.2. The number of nitrogens with zero attached hydrogens (tertiary/aromatic N) is 1. The maximum Gasteiger partial charge on any atom is 0.0443 e. The Hall–Kier alpha value is -0.790. The number of nitrogens with one attached hydrogen (secondary N) is 1. The molecule has 1 heterocycles. The largest absolute Gasteiger partial charge is 0.389 e. The Morgan fingerprint density at radius 3 is 3.22 bits per heavy atom. The number of allylic oxidation sites excluding steroid dienone is 1. The summed E-state index contributed by atoms with van der Waals surface area (Å²) in [5.74, 6) is 0. The molecular weight excluding hydrogens is 112 g/mol. The molecule has 0 saturated heterocycles. The van der Waals surface area contributed by atoms with E-state index in [1.807, 2.05) is 12.3 Å². The van der Waals surface area contributed by atoms with Crippen LogP contribution in [0.15, 0.2) is 16.8 Å². The topological polar surface area (TPSA) is 24.4 Å². The van der Waals surface area contributed by atoms with Crippen LogP contribution < -0.4 is 5.32 Å². The summed E-state index contributed by atoms with van der Waals surface area (Å²) in [4.78, 5) is 4.07. The molecular formula is C7H12N2. The molecule has 1 aliphatic rings. The Balaban J connectivity index is 2.38. The van der Waals surface area contributed by atoms with Crippen LogP contribution in [0.1, 0.15) is 13.3 Å². The van der Waals surface area contributed by atoms with Gasteiger partial charge in [0.05, 0.1) is 0 Å². The lowest BCUT2D eigenvalue weighted by molar-refractivity contribution is 0.775. The highest BCUT2D eigenvalue weighted by Gasteiger charge is 1.95. The van der Waals surface area contributed by atoms with Crippen LogP contribution in [0.25, 0.3) is 0 Å². The van der Waals surface area contributed by atoms with E-state index in [0.29, 0.717) is 0 Å². The van der Waals surface area contributed by atoms with Crippen molar-refractivity contribution < 1.29 is 0 Å². The molecule has 0 unspecified atom stereocenters. The molecule has 1 N–H and O–H groups in total. The average Bonchev–Trinajstić information content (AvgIpc) is 1.91. The zero-order valence-corrected chi connectivity index (χ0v) is 5.72. The first kappa shape index (κ1) is 6.33. The zero-order valence-electron chi connectivity index (χ0n) is 5.72. The van der Waals surface area contributed by atoms with Gasteiger partial charge in [-0.2, -0.15) is 0 Å². The van der Waals surface area contributed by atoms with Gasteiger partial charge in [-0.15, -0.1) is 0 Å². The van der Waals surface area contributed by atoms with Crippen LogP contribution in [0.3, 0.4) is 0 Å². The fraction of sp³-hybridized carbons (Fsp3) is 0.571. The Morgan fingerprint density at radius 1 is 1.78 bits per heavy atom. The van der Waals surface area contributed by atoms with E-state index in [1.165, 1.54) is 5.70 Å². The molecule has 0 amide bonds. The van der Waals surface area contributed by atoms with Gasteiger partial charge in [0.15, 0.2) is 0 Å². The van der Waals surface area contributed by atoms with Crippen LogP contribution in [0.5, 0.6) is 0 Å². The lowest BCUT2D eigenvalue weighted by Gasteiger charge is -2.08. The fourth-order valence-corrected chi connectivity index (χ4v) is 0.860. The first-order chi connectivity index (χ1) is 4.43. The molecule has 0 atom stereocenters. The van der Waals surface area contributed by atoms with Crippen molar-refractivity contribution in [3.63, 3.8) is 0 Å². The Morgan fingerprint density at radius 2 is 2.67 bits per heavy atom. The van der Waals surface area contributed by atoms with E-state index >= 15 is 0 Å². The minimum Gasteiger partial charge on any atom is -0.389 e. The second kappa shape index (κ2) is 3.28. The summed E-state index contributed by atoms with van der Waals surface area (Å²) < 4.78 is 0. The van der Waals surface area contributed by atoms with Crippen LogP contribution in [-0.2, 0) is 0 Å². The number of rotatable bonds is 2. The molecule has 1 rings (SSSR count). The van der Waals surface area contributed by atoms with Gasteiger partial charge in [-0.25, -0.2) is 0 Å². The third-order valence-corrected chi connectivity index (χ3v) is 1.30.